The molecule has 1 atom stereocenters. The molecule has 0 bridgehead atoms. The SMILES string of the molecule is N#Cc1ccc(C2CC(c3cccc4ccccc34)=NO2)cc1. The fraction of sp³-hybridized carbons (Fsp3) is 0.100. The zero-order valence-corrected chi connectivity index (χ0v) is 12.4. The largest absolute Gasteiger partial charge is 0.387 e. The molecule has 0 amide bonds. The number of oxime groups is 1. The van der Waals surface area contributed by atoms with Gasteiger partial charge < -0.3 is 4.84 Å². The van der Waals surface area contributed by atoms with Crippen molar-refractivity contribution in [3.05, 3.63) is 83.4 Å². The van der Waals surface area contributed by atoms with Gasteiger partial charge in [-0.2, -0.15) is 5.26 Å². The smallest absolute Gasteiger partial charge is 0.158 e. The third kappa shape index (κ3) is 2.45. The summed E-state index contributed by atoms with van der Waals surface area (Å²) < 4.78 is 0. The molecule has 23 heavy (non-hydrogen) atoms. The number of hydrogen-bond acceptors (Lipinski definition) is 3. The minimum Gasteiger partial charge on any atom is -0.387 e. The Morgan fingerprint density at radius 1 is 0.957 bits per heavy atom. The fourth-order valence-electron chi connectivity index (χ4n) is 2.96. The van der Waals surface area contributed by atoms with Crippen molar-refractivity contribution in [3.8, 4) is 6.07 Å². The molecule has 4 rings (SSSR count). The number of hydrogen-bond donors (Lipinski definition) is 0. The Balaban J connectivity index is 1.63. The Labute approximate surface area is 134 Å². The summed E-state index contributed by atoms with van der Waals surface area (Å²) in [5.41, 5.74) is 3.79. The van der Waals surface area contributed by atoms with E-state index in [-0.39, 0.29) is 6.10 Å². The Kier molecular flexibility index (Phi) is 3.29. The molecule has 1 aliphatic heterocycles. The third-order valence-corrected chi connectivity index (χ3v) is 4.18. The van der Waals surface area contributed by atoms with Crippen molar-refractivity contribution in [2.75, 3.05) is 0 Å². The van der Waals surface area contributed by atoms with Crippen LogP contribution >= 0.6 is 0 Å². The first-order chi connectivity index (χ1) is 11.3. The van der Waals surface area contributed by atoms with Crippen LogP contribution in [0.25, 0.3) is 10.8 Å². The van der Waals surface area contributed by atoms with Crippen LogP contribution in [-0.2, 0) is 4.84 Å². The molecule has 1 unspecified atom stereocenters. The van der Waals surface area contributed by atoms with Crippen molar-refractivity contribution in [2.45, 2.75) is 12.5 Å². The molecule has 0 aliphatic carbocycles. The molecule has 0 saturated carbocycles. The maximum absolute atomic E-state index is 8.88. The van der Waals surface area contributed by atoms with Gasteiger partial charge in [-0.15, -0.1) is 0 Å². The van der Waals surface area contributed by atoms with Crippen molar-refractivity contribution < 1.29 is 4.84 Å². The lowest BCUT2D eigenvalue weighted by Crippen LogP contribution is -2.02. The van der Waals surface area contributed by atoms with Crippen LogP contribution in [0.1, 0.15) is 29.2 Å². The van der Waals surface area contributed by atoms with E-state index in [2.05, 4.69) is 41.6 Å². The molecule has 1 aliphatic rings. The number of nitrogens with zero attached hydrogens (tertiary/aromatic N) is 2. The average molecular weight is 298 g/mol. The van der Waals surface area contributed by atoms with Crippen molar-refractivity contribution in [1.82, 2.24) is 0 Å². The zero-order valence-electron chi connectivity index (χ0n) is 12.4. The van der Waals surface area contributed by atoms with Gasteiger partial charge in [0.2, 0.25) is 0 Å². The van der Waals surface area contributed by atoms with Crippen molar-refractivity contribution >= 4 is 16.5 Å². The van der Waals surface area contributed by atoms with Gasteiger partial charge in [0, 0.05) is 12.0 Å². The van der Waals surface area contributed by atoms with E-state index in [1.165, 1.54) is 10.8 Å². The number of benzene rings is 3. The van der Waals surface area contributed by atoms with E-state index in [0.717, 1.165) is 23.3 Å². The van der Waals surface area contributed by atoms with E-state index < -0.39 is 0 Å². The highest BCUT2D eigenvalue weighted by Crippen LogP contribution is 2.31. The molecule has 1 heterocycles. The van der Waals surface area contributed by atoms with Crippen molar-refractivity contribution in [1.29, 1.82) is 5.26 Å². The van der Waals surface area contributed by atoms with Gasteiger partial charge in [-0.3, -0.25) is 0 Å². The highest BCUT2D eigenvalue weighted by atomic mass is 16.6. The summed E-state index contributed by atoms with van der Waals surface area (Å²) in [5.74, 6) is 0. The minimum atomic E-state index is -0.0864. The third-order valence-electron chi connectivity index (χ3n) is 4.18. The predicted molar refractivity (Wildman–Crippen MR) is 90.1 cm³/mol. The van der Waals surface area contributed by atoms with Gasteiger partial charge in [-0.05, 0) is 28.5 Å². The lowest BCUT2D eigenvalue weighted by molar-refractivity contribution is 0.0857. The number of rotatable bonds is 2. The first kappa shape index (κ1) is 13.5. The second-order valence-corrected chi connectivity index (χ2v) is 5.60. The standard InChI is InChI=1S/C20H14N2O/c21-13-14-8-10-16(11-9-14)20-12-19(22-23-20)18-7-3-5-15-4-1-2-6-17(15)18/h1-11,20H,12H2. The molecule has 0 saturated heterocycles. The maximum Gasteiger partial charge on any atom is 0.158 e. The summed E-state index contributed by atoms with van der Waals surface area (Å²) in [6.07, 6.45) is 0.650. The molecular weight excluding hydrogens is 284 g/mol. The van der Waals surface area contributed by atoms with E-state index in [1.807, 2.05) is 36.4 Å². The summed E-state index contributed by atoms with van der Waals surface area (Å²) >= 11 is 0. The van der Waals surface area contributed by atoms with Gasteiger partial charge in [0.05, 0.1) is 17.3 Å². The second kappa shape index (κ2) is 5.58. The van der Waals surface area contributed by atoms with Crippen LogP contribution < -0.4 is 0 Å². The Bertz CT molecular complexity index is 931. The molecule has 0 fully saturated rings. The number of nitriles is 1. The number of fused-ring (bicyclic) bond motifs is 1. The van der Waals surface area contributed by atoms with Crippen LogP contribution in [0.2, 0.25) is 0 Å². The van der Waals surface area contributed by atoms with E-state index >= 15 is 0 Å². The van der Waals surface area contributed by atoms with Crippen LogP contribution in [0.3, 0.4) is 0 Å². The molecule has 0 aromatic heterocycles. The second-order valence-electron chi connectivity index (χ2n) is 5.60. The minimum absolute atomic E-state index is 0.0864. The monoisotopic (exact) mass is 298 g/mol. The van der Waals surface area contributed by atoms with Gasteiger partial charge in [-0.1, -0.05) is 59.8 Å². The molecule has 3 heteroatoms. The predicted octanol–water partition coefficient (Wildman–Crippen LogP) is 4.58. The lowest BCUT2D eigenvalue weighted by atomic mass is 9.96. The van der Waals surface area contributed by atoms with Gasteiger partial charge in [-0.25, -0.2) is 0 Å². The van der Waals surface area contributed by atoms with Crippen LogP contribution in [0.4, 0.5) is 0 Å². The molecule has 3 aromatic rings. The van der Waals surface area contributed by atoms with Crippen LogP contribution in [0.5, 0.6) is 0 Å². The van der Waals surface area contributed by atoms with E-state index in [9.17, 15) is 0 Å². The average Bonchev–Trinajstić information content (AvgIpc) is 3.11. The highest BCUT2D eigenvalue weighted by molar-refractivity contribution is 6.11. The Morgan fingerprint density at radius 2 is 1.74 bits per heavy atom. The lowest BCUT2D eigenvalue weighted by Gasteiger charge is -2.08. The van der Waals surface area contributed by atoms with E-state index in [0.29, 0.717) is 5.56 Å². The normalized spacial score (nSPS) is 16.7. The topological polar surface area (TPSA) is 45.4 Å². The van der Waals surface area contributed by atoms with E-state index in [4.69, 9.17) is 10.1 Å². The van der Waals surface area contributed by atoms with Gasteiger partial charge >= 0.3 is 0 Å². The molecule has 110 valence electrons. The van der Waals surface area contributed by atoms with Gasteiger partial charge in [0.25, 0.3) is 0 Å². The quantitative estimate of drug-likeness (QED) is 0.695. The molecule has 0 radical (unpaired) electrons. The first-order valence-electron chi connectivity index (χ1n) is 7.56. The fourth-order valence-corrected chi connectivity index (χ4v) is 2.96. The Morgan fingerprint density at radius 3 is 2.57 bits per heavy atom. The molecule has 0 N–H and O–H groups in total. The van der Waals surface area contributed by atoms with Crippen molar-refractivity contribution in [3.63, 3.8) is 0 Å². The summed E-state index contributed by atoms with van der Waals surface area (Å²) in [6.45, 7) is 0. The van der Waals surface area contributed by atoms with Crippen LogP contribution in [-0.4, -0.2) is 5.71 Å². The summed E-state index contributed by atoms with van der Waals surface area (Å²) in [5, 5.41) is 15.6. The van der Waals surface area contributed by atoms with E-state index in [1.54, 1.807) is 0 Å². The maximum atomic E-state index is 8.88. The van der Waals surface area contributed by atoms with Crippen LogP contribution in [0, 0.1) is 11.3 Å². The van der Waals surface area contributed by atoms with Gasteiger partial charge in [0.1, 0.15) is 0 Å². The summed E-state index contributed by atoms with van der Waals surface area (Å²) in [7, 11) is 0. The first-order valence-corrected chi connectivity index (χ1v) is 7.56. The molecule has 0 spiro atoms. The van der Waals surface area contributed by atoms with Crippen molar-refractivity contribution in [2.24, 2.45) is 5.16 Å². The molecular formula is C20H14N2O. The van der Waals surface area contributed by atoms with Crippen LogP contribution in [0.15, 0.2) is 71.9 Å². The molecule has 3 aromatic carbocycles. The summed E-state index contributed by atoms with van der Waals surface area (Å²) in [4.78, 5) is 5.63. The Hall–Kier alpha value is -3.12. The summed E-state index contributed by atoms with van der Waals surface area (Å²) in [6, 6.07) is 24.2. The highest BCUT2D eigenvalue weighted by Gasteiger charge is 2.24. The van der Waals surface area contributed by atoms with Gasteiger partial charge in [0.15, 0.2) is 6.10 Å². The molecule has 3 nitrogen and oxygen atoms in total. The zero-order chi connectivity index (χ0) is 15.6.